The van der Waals surface area contributed by atoms with Crippen molar-refractivity contribution in [1.29, 1.82) is 0 Å². The summed E-state index contributed by atoms with van der Waals surface area (Å²) in [5.41, 5.74) is 0.988. The zero-order valence-corrected chi connectivity index (χ0v) is 12.7. The molecule has 1 saturated heterocycles. The van der Waals surface area contributed by atoms with Gasteiger partial charge in [-0.05, 0) is 12.8 Å². The molecule has 1 atom stereocenters. The third-order valence-electron chi connectivity index (χ3n) is 3.24. The summed E-state index contributed by atoms with van der Waals surface area (Å²) in [5, 5.41) is 11.4. The first-order valence-corrected chi connectivity index (χ1v) is 7.62. The molecule has 7 nitrogen and oxygen atoms in total. The molecule has 1 fully saturated rings. The Kier molecular flexibility index (Phi) is 5.54. The molecule has 112 valence electrons. The van der Waals surface area contributed by atoms with E-state index >= 15 is 0 Å². The molecule has 2 rings (SSSR count). The predicted molar refractivity (Wildman–Crippen MR) is 77.9 cm³/mol. The highest BCUT2D eigenvalue weighted by molar-refractivity contribution is 7.10. The van der Waals surface area contributed by atoms with Gasteiger partial charge in [-0.15, -0.1) is 5.10 Å². The quantitative estimate of drug-likeness (QED) is 0.824. The van der Waals surface area contributed by atoms with Crippen LogP contribution in [0.3, 0.4) is 0 Å². The minimum Gasteiger partial charge on any atom is -0.453 e. The number of hydrogen-bond acceptors (Lipinski definition) is 7. The standard InChI is InChI=1S/C12H21N5O2S/c1-3-5-13-11-10(15-16-20-11)8-17-6-4-9(7-17)14-12(18)19-2/h9,13H,3-8H2,1-2H3,(H,14,18). The van der Waals surface area contributed by atoms with E-state index in [1.54, 1.807) is 0 Å². The predicted octanol–water partition coefficient (Wildman–Crippen LogP) is 1.29. The highest BCUT2D eigenvalue weighted by Crippen LogP contribution is 2.21. The first-order valence-electron chi connectivity index (χ1n) is 6.84. The molecule has 2 N–H and O–H groups in total. The minimum absolute atomic E-state index is 0.154. The second-order valence-corrected chi connectivity index (χ2v) is 5.59. The van der Waals surface area contributed by atoms with Gasteiger partial charge in [-0.25, -0.2) is 4.79 Å². The van der Waals surface area contributed by atoms with Crippen molar-refractivity contribution in [3.8, 4) is 0 Å². The molecule has 0 bridgehead atoms. The van der Waals surface area contributed by atoms with Gasteiger partial charge in [0.05, 0.1) is 7.11 Å². The zero-order chi connectivity index (χ0) is 14.4. The zero-order valence-electron chi connectivity index (χ0n) is 11.9. The van der Waals surface area contributed by atoms with E-state index in [-0.39, 0.29) is 12.1 Å². The second kappa shape index (κ2) is 7.39. The Morgan fingerprint density at radius 2 is 2.45 bits per heavy atom. The molecule has 0 saturated carbocycles. The number of alkyl carbamates (subject to hydrolysis) is 1. The highest BCUT2D eigenvalue weighted by atomic mass is 32.1. The van der Waals surface area contributed by atoms with Gasteiger partial charge in [-0.2, -0.15) is 0 Å². The van der Waals surface area contributed by atoms with Gasteiger partial charge in [0.25, 0.3) is 0 Å². The van der Waals surface area contributed by atoms with Gasteiger partial charge in [-0.3, -0.25) is 4.90 Å². The first kappa shape index (κ1) is 15.0. The molecule has 0 radical (unpaired) electrons. The minimum atomic E-state index is -0.363. The molecule has 0 spiro atoms. The van der Waals surface area contributed by atoms with Gasteiger partial charge >= 0.3 is 6.09 Å². The average molecular weight is 299 g/mol. The number of rotatable bonds is 6. The fraction of sp³-hybridized carbons (Fsp3) is 0.750. The lowest BCUT2D eigenvalue weighted by Gasteiger charge is -2.15. The van der Waals surface area contributed by atoms with Gasteiger partial charge in [0.1, 0.15) is 10.7 Å². The third kappa shape index (κ3) is 4.04. The summed E-state index contributed by atoms with van der Waals surface area (Å²) in [6.45, 7) is 5.59. The Bertz CT molecular complexity index is 439. The number of ether oxygens (including phenoxy) is 1. The van der Waals surface area contributed by atoms with Crippen LogP contribution in [0.1, 0.15) is 25.5 Å². The summed E-state index contributed by atoms with van der Waals surface area (Å²) in [6, 6.07) is 0.154. The van der Waals surface area contributed by atoms with Crippen LogP contribution in [0.5, 0.6) is 0 Å². The molecule has 1 amide bonds. The molecule has 1 unspecified atom stereocenters. The van der Waals surface area contributed by atoms with Gasteiger partial charge in [0.2, 0.25) is 0 Å². The summed E-state index contributed by atoms with van der Waals surface area (Å²) in [7, 11) is 1.38. The van der Waals surface area contributed by atoms with Crippen LogP contribution in [0.2, 0.25) is 0 Å². The average Bonchev–Trinajstić information content (AvgIpc) is 3.06. The number of methoxy groups -OCH3 is 1. The maximum atomic E-state index is 11.2. The number of anilines is 1. The van der Waals surface area contributed by atoms with E-state index in [0.717, 1.165) is 49.7 Å². The summed E-state index contributed by atoms with van der Waals surface area (Å²) >= 11 is 1.40. The highest BCUT2D eigenvalue weighted by Gasteiger charge is 2.25. The van der Waals surface area contributed by atoms with Crippen LogP contribution in [0.25, 0.3) is 0 Å². The Labute approximate surface area is 122 Å². The van der Waals surface area contributed by atoms with E-state index < -0.39 is 0 Å². The smallest absolute Gasteiger partial charge is 0.407 e. The summed E-state index contributed by atoms with van der Waals surface area (Å²) < 4.78 is 8.63. The monoisotopic (exact) mass is 299 g/mol. The van der Waals surface area contributed by atoms with E-state index in [9.17, 15) is 4.79 Å². The van der Waals surface area contributed by atoms with Gasteiger partial charge in [-0.1, -0.05) is 11.4 Å². The number of nitrogens with zero attached hydrogens (tertiary/aromatic N) is 3. The molecule has 0 aliphatic carbocycles. The van der Waals surface area contributed by atoms with E-state index in [0.29, 0.717) is 0 Å². The van der Waals surface area contributed by atoms with Crippen molar-refractivity contribution < 1.29 is 9.53 Å². The number of hydrogen-bond donors (Lipinski definition) is 2. The molecule has 0 aromatic carbocycles. The van der Waals surface area contributed by atoms with E-state index in [4.69, 9.17) is 0 Å². The van der Waals surface area contributed by atoms with Crippen molar-refractivity contribution in [2.45, 2.75) is 32.4 Å². The largest absolute Gasteiger partial charge is 0.453 e. The third-order valence-corrected chi connectivity index (χ3v) is 3.97. The molecule has 8 heteroatoms. The number of aromatic nitrogens is 2. The lowest BCUT2D eigenvalue weighted by molar-refractivity contribution is 0.166. The lowest BCUT2D eigenvalue weighted by atomic mass is 10.3. The molecular weight excluding hydrogens is 278 g/mol. The van der Waals surface area contributed by atoms with Crippen molar-refractivity contribution in [2.75, 3.05) is 32.1 Å². The van der Waals surface area contributed by atoms with Gasteiger partial charge in [0.15, 0.2) is 0 Å². The van der Waals surface area contributed by atoms with E-state index in [1.807, 2.05) is 0 Å². The van der Waals surface area contributed by atoms with Crippen LogP contribution in [0.4, 0.5) is 9.80 Å². The topological polar surface area (TPSA) is 79.4 Å². The molecular formula is C12H21N5O2S. The number of likely N-dealkylation sites (tertiary alicyclic amines) is 1. The van der Waals surface area contributed by atoms with E-state index in [1.165, 1.54) is 18.6 Å². The summed E-state index contributed by atoms with van der Waals surface area (Å²) in [5.74, 6) is 0. The maximum Gasteiger partial charge on any atom is 0.407 e. The number of carbonyl (C=O) groups is 1. The summed E-state index contributed by atoms with van der Waals surface area (Å²) in [6.07, 6.45) is 1.65. The van der Waals surface area contributed by atoms with Crippen LogP contribution < -0.4 is 10.6 Å². The molecule has 20 heavy (non-hydrogen) atoms. The van der Waals surface area contributed by atoms with Crippen molar-refractivity contribution in [2.24, 2.45) is 0 Å². The Hall–Kier alpha value is -1.41. The Morgan fingerprint density at radius 3 is 3.20 bits per heavy atom. The number of amides is 1. The van der Waals surface area contributed by atoms with Crippen LogP contribution in [0.15, 0.2) is 0 Å². The second-order valence-electron chi connectivity index (χ2n) is 4.83. The molecule has 1 aliphatic rings. The number of nitrogens with one attached hydrogen (secondary N) is 2. The summed E-state index contributed by atoms with van der Waals surface area (Å²) in [4.78, 5) is 13.5. The van der Waals surface area contributed by atoms with Gasteiger partial charge < -0.3 is 15.4 Å². The molecule has 1 aromatic rings. The molecule has 1 aromatic heterocycles. The molecule has 2 heterocycles. The van der Waals surface area contributed by atoms with Gasteiger partial charge in [0, 0.05) is 43.8 Å². The molecule has 1 aliphatic heterocycles. The van der Waals surface area contributed by atoms with Crippen molar-refractivity contribution >= 4 is 22.6 Å². The van der Waals surface area contributed by atoms with Crippen molar-refractivity contribution in [1.82, 2.24) is 19.8 Å². The Balaban J connectivity index is 1.83. The van der Waals surface area contributed by atoms with Crippen LogP contribution in [0, 0.1) is 0 Å². The van der Waals surface area contributed by atoms with Crippen LogP contribution in [-0.4, -0.2) is 53.4 Å². The maximum absolute atomic E-state index is 11.2. The Morgan fingerprint density at radius 1 is 1.60 bits per heavy atom. The fourth-order valence-corrected chi connectivity index (χ4v) is 2.81. The SMILES string of the molecule is CCCNc1snnc1CN1CCC(NC(=O)OC)C1. The van der Waals surface area contributed by atoms with Crippen molar-refractivity contribution in [3.63, 3.8) is 0 Å². The normalized spacial score (nSPS) is 19.0. The number of carbonyl (C=O) groups excluding carboxylic acids is 1. The van der Waals surface area contributed by atoms with Crippen LogP contribution in [-0.2, 0) is 11.3 Å². The first-order chi connectivity index (χ1) is 9.72. The van der Waals surface area contributed by atoms with Crippen LogP contribution >= 0.6 is 11.5 Å². The fourth-order valence-electron chi connectivity index (χ4n) is 2.22. The lowest BCUT2D eigenvalue weighted by Crippen LogP contribution is -2.36. The van der Waals surface area contributed by atoms with E-state index in [2.05, 4.69) is 36.8 Å². The van der Waals surface area contributed by atoms with Crippen molar-refractivity contribution in [3.05, 3.63) is 5.69 Å².